The van der Waals surface area contributed by atoms with Crippen molar-refractivity contribution in [3.05, 3.63) is 12.5 Å². The molecule has 148 valence electrons. The van der Waals surface area contributed by atoms with Crippen LogP contribution in [0.3, 0.4) is 0 Å². The highest BCUT2D eigenvalue weighted by atomic mass is 16.5. The summed E-state index contributed by atoms with van der Waals surface area (Å²) in [7, 11) is 0. The second-order valence-electron chi connectivity index (χ2n) is 9.68. The molecular weight excluding hydrogens is 346 g/mol. The third-order valence-electron chi connectivity index (χ3n) is 7.62. The van der Waals surface area contributed by atoms with Crippen molar-refractivity contribution in [1.82, 2.24) is 4.90 Å². The second kappa shape index (κ2) is 6.11. The minimum Gasteiger partial charge on any atom is -0.630 e. The Morgan fingerprint density at radius 3 is 2.37 bits per heavy atom. The molecule has 2 unspecified atom stereocenters. The van der Waals surface area contributed by atoms with Gasteiger partial charge in [0.2, 0.25) is 0 Å². The van der Waals surface area contributed by atoms with Crippen molar-refractivity contribution < 1.29 is 25.8 Å². The van der Waals surface area contributed by atoms with Crippen LogP contribution in [0.2, 0.25) is 0 Å². The predicted molar refractivity (Wildman–Crippen MR) is 93.3 cm³/mol. The summed E-state index contributed by atoms with van der Waals surface area (Å²) < 4.78 is 0. The van der Waals surface area contributed by atoms with Crippen molar-refractivity contribution in [2.24, 2.45) is 23.2 Å². The maximum atomic E-state index is 13.2. The van der Waals surface area contributed by atoms with Crippen LogP contribution in [-0.2, 0) is 4.79 Å². The molecular formula is C20H29N3O4. The molecule has 1 aliphatic heterocycles. The Morgan fingerprint density at radius 1 is 1.26 bits per heavy atom. The third kappa shape index (κ3) is 3.09. The highest BCUT2D eigenvalue weighted by Crippen LogP contribution is 2.62. The Balaban J connectivity index is 0.000000413. The summed E-state index contributed by atoms with van der Waals surface area (Å²) in [5.41, 5.74) is 3.64. The van der Waals surface area contributed by atoms with Crippen molar-refractivity contribution in [3.63, 3.8) is 0 Å². The molecule has 0 aromatic rings. The molecule has 7 nitrogen and oxygen atoms in total. The number of hydrogen-bond donors (Lipinski definition) is 3. The van der Waals surface area contributed by atoms with Crippen LogP contribution in [-0.4, -0.2) is 44.7 Å². The highest BCUT2D eigenvalue weighted by molar-refractivity contribution is 5.83. The lowest BCUT2D eigenvalue weighted by Gasteiger charge is -2.60. The summed E-state index contributed by atoms with van der Waals surface area (Å²) in [6.07, 6.45) is 7.81. The summed E-state index contributed by atoms with van der Waals surface area (Å²) in [5.74, 6) is 0.693. The molecule has 6 rings (SSSR count). The van der Waals surface area contributed by atoms with Crippen LogP contribution >= 0.6 is 0 Å². The number of carbonyl (C=O) groups excluding carboxylic acids is 1. The van der Waals surface area contributed by atoms with Crippen LogP contribution in [0.15, 0.2) is 12.5 Å². The van der Waals surface area contributed by atoms with E-state index < -0.39 is 11.5 Å². The first-order chi connectivity index (χ1) is 12.7. The number of carbonyl (C=O) groups is 1. The smallest absolute Gasteiger partial charge is 0.282 e. The van der Waals surface area contributed by atoms with Crippen LogP contribution in [0.1, 0.15) is 51.4 Å². The minimum absolute atomic E-state index is 0.0899. The molecule has 0 aromatic carbocycles. The largest absolute Gasteiger partial charge is 0.630 e. The maximum absolute atomic E-state index is 13.2. The zero-order valence-electron chi connectivity index (χ0n) is 15.6. The lowest BCUT2D eigenvalue weighted by atomic mass is 9.46. The van der Waals surface area contributed by atoms with E-state index in [0.717, 1.165) is 44.9 Å². The summed E-state index contributed by atoms with van der Waals surface area (Å²) in [5, 5.41) is 36.5. The number of hydrogen-bond acceptors (Lipinski definition) is 5. The number of piperidine rings is 1. The van der Waals surface area contributed by atoms with Gasteiger partial charge in [-0.05, 0) is 69.1 Å². The van der Waals surface area contributed by atoms with Gasteiger partial charge in [0.15, 0.2) is 6.04 Å². The van der Waals surface area contributed by atoms with Crippen LogP contribution in [0, 0.1) is 34.5 Å². The summed E-state index contributed by atoms with van der Waals surface area (Å²) in [6.45, 7) is 2.56. The Morgan fingerprint density at radius 2 is 1.85 bits per heavy atom. The second-order valence-corrected chi connectivity index (χ2v) is 9.68. The van der Waals surface area contributed by atoms with Gasteiger partial charge in [-0.3, -0.25) is 4.79 Å². The molecule has 5 N–H and O–H groups in total. The predicted octanol–water partition coefficient (Wildman–Crippen LogP) is -0.183. The molecule has 1 amide bonds. The highest BCUT2D eigenvalue weighted by Gasteiger charge is 2.64. The Kier molecular flexibility index (Phi) is 4.21. The van der Waals surface area contributed by atoms with E-state index in [-0.39, 0.29) is 23.4 Å². The van der Waals surface area contributed by atoms with E-state index in [4.69, 9.17) is 10.2 Å². The van der Waals surface area contributed by atoms with Gasteiger partial charge in [0, 0.05) is 17.4 Å². The molecule has 4 bridgehead atoms. The molecule has 6 aliphatic rings. The Hall–Kier alpha value is -1.78. The zero-order valence-corrected chi connectivity index (χ0v) is 15.6. The standard InChI is InChI=1S/C18H25N3O2.C2H4O2/c19-8-13-2-12-3-14(12)21(13)16(22)15(20)17-4-10-1-11(5-17)7-18(23,6-10)9-17;1-2(3)4/h10-15,23H,1-7,9,20H2;3-4H,1H2/t10?,11?,12-,13+,14+,15-,17?,18?;/m1./s1. The summed E-state index contributed by atoms with van der Waals surface area (Å²) >= 11 is 0. The van der Waals surface area contributed by atoms with Gasteiger partial charge in [0.25, 0.3) is 5.91 Å². The number of rotatable bonds is 2. The molecule has 0 spiro atoms. The van der Waals surface area contributed by atoms with Gasteiger partial charge in [-0.1, -0.05) is 6.58 Å². The average molecular weight is 375 g/mol. The molecule has 0 aromatic heterocycles. The van der Waals surface area contributed by atoms with E-state index in [1.807, 2.05) is 4.90 Å². The fraction of sp³-hybridized carbons (Fsp3) is 0.800. The van der Waals surface area contributed by atoms with Crippen LogP contribution in [0.25, 0.3) is 0 Å². The van der Waals surface area contributed by atoms with Crippen LogP contribution in [0.5, 0.6) is 0 Å². The van der Waals surface area contributed by atoms with Crippen molar-refractivity contribution >= 4 is 5.91 Å². The fourth-order valence-electron chi connectivity index (χ4n) is 7.02. The van der Waals surface area contributed by atoms with E-state index >= 15 is 0 Å². The normalized spacial score (nSPS) is 46.7. The van der Waals surface area contributed by atoms with E-state index in [0.29, 0.717) is 23.8 Å². The number of nitrogens with zero attached hydrogens (tertiary/aromatic N) is 2. The number of amides is 1. The van der Waals surface area contributed by atoms with Gasteiger partial charge >= 0.3 is 0 Å². The van der Waals surface area contributed by atoms with E-state index in [1.54, 1.807) is 0 Å². The first kappa shape index (κ1) is 18.6. The van der Waals surface area contributed by atoms with Crippen LogP contribution in [0.4, 0.5) is 0 Å². The summed E-state index contributed by atoms with van der Waals surface area (Å²) in [4.78, 5) is 15.1. The van der Waals surface area contributed by atoms with Gasteiger partial charge in [-0.2, -0.15) is 5.26 Å². The lowest BCUT2D eigenvalue weighted by Crippen LogP contribution is -2.78. The van der Waals surface area contributed by atoms with Crippen molar-refractivity contribution in [2.45, 2.75) is 75.1 Å². The number of nitriles is 1. The number of likely N-dealkylation sites (tertiary alicyclic amines) is 1. The first-order valence-electron chi connectivity index (χ1n) is 9.98. The third-order valence-corrected chi connectivity index (χ3v) is 7.62. The summed E-state index contributed by atoms with van der Waals surface area (Å²) in [6, 6.07) is 2.08. The molecule has 6 atom stereocenters. The molecule has 6 fully saturated rings. The van der Waals surface area contributed by atoms with Gasteiger partial charge in [0.05, 0.1) is 11.7 Å². The molecule has 0 radical (unpaired) electrons. The monoisotopic (exact) mass is 375 g/mol. The Labute approximate surface area is 159 Å². The number of quaternary nitrogens is 1. The first-order valence-corrected chi connectivity index (χ1v) is 9.98. The minimum atomic E-state index is -1.08. The lowest BCUT2D eigenvalue weighted by molar-refractivity contribution is -0.445. The molecule has 5 aliphatic carbocycles. The topological polar surface area (TPSA) is 135 Å². The zero-order chi connectivity index (χ0) is 19.6. The molecule has 5 saturated carbocycles. The van der Waals surface area contributed by atoms with Gasteiger partial charge in [-0.25, -0.2) is 0 Å². The number of fused-ring (bicyclic) bond motifs is 1. The van der Waals surface area contributed by atoms with Crippen molar-refractivity contribution in [1.29, 1.82) is 5.26 Å². The number of aliphatic hydroxyl groups excluding tert-OH is 1. The molecule has 1 saturated heterocycles. The van der Waals surface area contributed by atoms with Gasteiger partial charge in [-0.15, -0.1) is 0 Å². The van der Waals surface area contributed by atoms with Gasteiger partial charge in [0.1, 0.15) is 6.04 Å². The van der Waals surface area contributed by atoms with E-state index in [1.165, 1.54) is 6.42 Å². The molecule has 7 heteroatoms. The van der Waals surface area contributed by atoms with E-state index in [2.05, 4.69) is 18.4 Å². The van der Waals surface area contributed by atoms with Crippen LogP contribution < -0.4 is 10.8 Å². The quantitative estimate of drug-likeness (QED) is 0.575. The maximum Gasteiger partial charge on any atom is 0.282 e. The average Bonchev–Trinajstić information content (AvgIpc) is 3.21. The molecule has 27 heavy (non-hydrogen) atoms. The van der Waals surface area contributed by atoms with Crippen molar-refractivity contribution in [3.8, 4) is 6.07 Å². The van der Waals surface area contributed by atoms with E-state index in [9.17, 15) is 15.2 Å². The number of aliphatic hydroxyl groups is 2. The molecule has 1 heterocycles. The SMILES string of the molecule is C=C([O-])O.N#C[C@@H]1C[C@@H]2C[C@@H]2N1C(=O)[C@@H]([NH3+])C12CC3CC(CC(O)(C3)C1)C2. The Bertz CT molecular complexity index is 684. The van der Waals surface area contributed by atoms with Crippen molar-refractivity contribution in [2.75, 3.05) is 0 Å². The van der Waals surface area contributed by atoms with Gasteiger partial charge < -0.3 is 26.0 Å². The fourth-order valence-corrected chi connectivity index (χ4v) is 7.02.